The van der Waals surface area contributed by atoms with Gasteiger partial charge in [0.15, 0.2) is 0 Å². The largest absolute Gasteiger partial charge is 0.351 e. The van der Waals surface area contributed by atoms with Gasteiger partial charge in [-0.25, -0.2) is 4.98 Å². The molecule has 0 aliphatic carbocycles. The van der Waals surface area contributed by atoms with E-state index in [9.17, 15) is 9.59 Å². The van der Waals surface area contributed by atoms with E-state index in [0.717, 1.165) is 33.6 Å². The molecular formula is C22H17N3O2. The Kier molecular flexibility index (Phi) is 3.37. The van der Waals surface area contributed by atoms with E-state index >= 15 is 0 Å². The van der Waals surface area contributed by atoms with Gasteiger partial charge in [-0.1, -0.05) is 43.3 Å². The van der Waals surface area contributed by atoms with Crippen LogP contribution in [-0.4, -0.2) is 21.8 Å². The fourth-order valence-electron chi connectivity index (χ4n) is 3.83. The molecular weight excluding hydrogens is 338 g/mol. The summed E-state index contributed by atoms with van der Waals surface area (Å²) in [6.07, 6.45) is 0.859. The maximum absolute atomic E-state index is 13.2. The van der Waals surface area contributed by atoms with Gasteiger partial charge in [0.25, 0.3) is 11.5 Å². The molecule has 2 aromatic carbocycles. The Balaban J connectivity index is 2.02. The molecule has 3 aromatic heterocycles. The third kappa shape index (κ3) is 2.15. The first-order chi connectivity index (χ1) is 13.2. The molecule has 0 radical (unpaired) electrons. The molecule has 5 heteroatoms. The summed E-state index contributed by atoms with van der Waals surface area (Å²) in [5.41, 5.74) is 2.60. The second-order valence-electron chi connectivity index (χ2n) is 6.71. The van der Waals surface area contributed by atoms with E-state index in [-0.39, 0.29) is 11.5 Å². The van der Waals surface area contributed by atoms with Crippen molar-refractivity contribution in [1.29, 1.82) is 0 Å². The predicted molar refractivity (Wildman–Crippen MR) is 108 cm³/mol. The average Bonchev–Trinajstić information content (AvgIpc) is 3.05. The Hall–Kier alpha value is -3.47. The van der Waals surface area contributed by atoms with Crippen molar-refractivity contribution < 1.29 is 4.79 Å². The van der Waals surface area contributed by atoms with Crippen LogP contribution in [0.4, 0.5) is 0 Å². The molecule has 0 aliphatic heterocycles. The summed E-state index contributed by atoms with van der Waals surface area (Å²) in [5.74, 6) is -0.193. The molecule has 0 atom stereocenters. The molecule has 1 N–H and O–H groups in total. The lowest BCUT2D eigenvalue weighted by Gasteiger charge is -2.08. The van der Waals surface area contributed by atoms with Gasteiger partial charge < -0.3 is 5.32 Å². The molecule has 27 heavy (non-hydrogen) atoms. The maximum Gasteiger partial charge on any atom is 0.269 e. The molecule has 0 saturated heterocycles. The number of aromatic nitrogens is 2. The van der Waals surface area contributed by atoms with Gasteiger partial charge in [0.05, 0.1) is 16.6 Å². The minimum Gasteiger partial charge on any atom is -0.351 e. The lowest BCUT2D eigenvalue weighted by atomic mass is 10.1. The van der Waals surface area contributed by atoms with Gasteiger partial charge in [0, 0.05) is 28.1 Å². The highest BCUT2D eigenvalue weighted by Gasteiger charge is 2.20. The van der Waals surface area contributed by atoms with E-state index in [0.29, 0.717) is 23.1 Å². The summed E-state index contributed by atoms with van der Waals surface area (Å²) in [7, 11) is 0. The monoisotopic (exact) mass is 355 g/mol. The Morgan fingerprint density at radius 1 is 1.00 bits per heavy atom. The normalized spacial score (nSPS) is 11.7. The fourth-order valence-corrected chi connectivity index (χ4v) is 3.83. The number of pyridine rings is 2. The van der Waals surface area contributed by atoms with Gasteiger partial charge in [-0.05, 0) is 24.6 Å². The highest BCUT2D eigenvalue weighted by molar-refractivity contribution is 6.20. The van der Waals surface area contributed by atoms with Crippen LogP contribution in [0.15, 0.2) is 59.4 Å². The highest BCUT2D eigenvalue weighted by atomic mass is 16.2. The van der Waals surface area contributed by atoms with Crippen molar-refractivity contribution in [3.63, 3.8) is 0 Å². The van der Waals surface area contributed by atoms with Crippen molar-refractivity contribution >= 4 is 44.0 Å². The fraction of sp³-hybridized carbons (Fsp3) is 0.136. The van der Waals surface area contributed by atoms with Gasteiger partial charge in [-0.15, -0.1) is 0 Å². The van der Waals surface area contributed by atoms with Crippen LogP contribution in [0.5, 0.6) is 0 Å². The van der Waals surface area contributed by atoms with Crippen LogP contribution < -0.4 is 10.9 Å². The Morgan fingerprint density at radius 2 is 1.70 bits per heavy atom. The molecule has 5 nitrogen and oxygen atoms in total. The van der Waals surface area contributed by atoms with Crippen molar-refractivity contribution in [3.8, 4) is 0 Å². The number of rotatable bonds is 3. The summed E-state index contributed by atoms with van der Waals surface area (Å²) in [4.78, 5) is 30.5. The van der Waals surface area contributed by atoms with E-state index in [1.54, 1.807) is 10.5 Å². The summed E-state index contributed by atoms with van der Waals surface area (Å²) in [6.45, 7) is 2.61. The average molecular weight is 355 g/mol. The van der Waals surface area contributed by atoms with E-state index in [4.69, 9.17) is 0 Å². The Bertz CT molecular complexity index is 1400. The summed E-state index contributed by atoms with van der Waals surface area (Å²) in [5, 5.41) is 6.09. The van der Waals surface area contributed by atoms with Crippen LogP contribution in [0.2, 0.25) is 0 Å². The number of nitrogens with one attached hydrogen (secondary N) is 1. The molecule has 132 valence electrons. The quantitative estimate of drug-likeness (QED) is 0.502. The van der Waals surface area contributed by atoms with Crippen LogP contribution in [-0.2, 0) is 0 Å². The summed E-state index contributed by atoms with van der Waals surface area (Å²) >= 11 is 0. The molecule has 0 unspecified atom stereocenters. The molecule has 3 heterocycles. The zero-order valence-electron chi connectivity index (χ0n) is 14.8. The number of benzene rings is 2. The van der Waals surface area contributed by atoms with Crippen LogP contribution in [0.25, 0.3) is 38.1 Å². The molecule has 0 bridgehead atoms. The van der Waals surface area contributed by atoms with E-state index in [2.05, 4.69) is 10.3 Å². The van der Waals surface area contributed by atoms with Crippen molar-refractivity contribution in [2.24, 2.45) is 0 Å². The van der Waals surface area contributed by atoms with Crippen molar-refractivity contribution in [2.45, 2.75) is 13.3 Å². The first-order valence-electron chi connectivity index (χ1n) is 9.07. The second-order valence-corrected chi connectivity index (χ2v) is 6.71. The van der Waals surface area contributed by atoms with Crippen LogP contribution in [0.3, 0.4) is 0 Å². The number of nitrogens with zero attached hydrogens (tertiary/aromatic N) is 2. The molecule has 0 fully saturated rings. The molecule has 5 aromatic rings. The number of hydrogen-bond acceptors (Lipinski definition) is 3. The second kappa shape index (κ2) is 5.77. The first kappa shape index (κ1) is 15.8. The zero-order valence-corrected chi connectivity index (χ0v) is 14.8. The summed E-state index contributed by atoms with van der Waals surface area (Å²) < 4.78 is 1.73. The van der Waals surface area contributed by atoms with Gasteiger partial charge in [-0.2, -0.15) is 0 Å². The number of amides is 1. The summed E-state index contributed by atoms with van der Waals surface area (Å²) in [6, 6.07) is 17.0. The number of carbonyl (C=O) groups is 1. The number of fused-ring (bicyclic) bond motifs is 5. The number of hydrogen-bond donors (Lipinski definition) is 1. The third-order valence-electron chi connectivity index (χ3n) is 5.04. The Labute approximate surface area is 154 Å². The molecule has 5 rings (SSSR count). The van der Waals surface area contributed by atoms with E-state index in [1.165, 1.54) is 0 Å². The van der Waals surface area contributed by atoms with Crippen molar-refractivity contribution in [1.82, 2.24) is 14.7 Å². The predicted octanol–water partition coefficient (Wildman–Crippen LogP) is 3.73. The smallest absolute Gasteiger partial charge is 0.269 e. The zero-order chi connectivity index (χ0) is 18.5. The molecule has 0 spiro atoms. The topological polar surface area (TPSA) is 63.5 Å². The van der Waals surface area contributed by atoms with Gasteiger partial charge in [0.2, 0.25) is 0 Å². The van der Waals surface area contributed by atoms with Crippen molar-refractivity contribution in [3.05, 3.63) is 70.6 Å². The standard InChI is InChI=1S/C22H17N3O2/c1-2-11-23-21(26)17-12-16-13-7-5-6-10-18(13)25-20(16)19(24-17)14-8-3-4-9-15(14)22(25)27/h3-10,12H,2,11H2,1H3,(H,23,26). The van der Waals surface area contributed by atoms with Crippen LogP contribution in [0, 0.1) is 0 Å². The molecule has 0 saturated carbocycles. The van der Waals surface area contributed by atoms with Crippen LogP contribution >= 0.6 is 0 Å². The van der Waals surface area contributed by atoms with E-state index in [1.807, 2.05) is 55.5 Å². The third-order valence-corrected chi connectivity index (χ3v) is 5.04. The van der Waals surface area contributed by atoms with Crippen LogP contribution in [0.1, 0.15) is 23.8 Å². The van der Waals surface area contributed by atoms with Crippen molar-refractivity contribution in [2.75, 3.05) is 6.54 Å². The van der Waals surface area contributed by atoms with Gasteiger partial charge in [0.1, 0.15) is 5.69 Å². The number of carbonyl (C=O) groups excluding carboxylic acids is 1. The lowest BCUT2D eigenvalue weighted by Crippen LogP contribution is -2.25. The van der Waals surface area contributed by atoms with Gasteiger partial charge >= 0.3 is 0 Å². The lowest BCUT2D eigenvalue weighted by molar-refractivity contribution is 0.0949. The first-order valence-corrected chi connectivity index (χ1v) is 9.07. The van der Waals surface area contributed by atoms with Gasteiger partial charge in [-0.3, -0.25) is 14.0 Å². The minimum atomic E-state index is -0.193. The van der Waals surface area contributed by atoms with E-state index < -0.39 is 0 Å². The number of para-hydroxylation sites is 1. The highest BCUT2D eigenvalue weighted by Crippen LogP contribution is 2.33. The Morgan fingerprint density at radius 3 is 2.48 bits per heavy atom. The SMILES string of the molecule is CCCNC(=O)c1cc2c3ccccc3n3c(=O)c4ccccc4c(n1)c23. The minimum absolute atomic E-state index is 0.0608. The molecule has 0 aliphatic rings. The molecule has 1 amide bonds. The maximum atomic E-state index is 13.2.